The summed E-state index contributed by atoms with van der Waals surface area (Å²) >= 11 is 3.95. The van der Waals surface area contributed by atoms with E-state index in [-0.39, 0.29) is 34.3 Å². The molecular formula is C24H16BrN2O4-. The molecule has 3 aliphatic carbocycles. The fourth-order valence-electron chi connectivity index (χ4n) is 5.68. The third-order valence-electron chi connectivity index (χ3n) is 6.82. The van der Waals surface area contributed by atoms with Crippen LogP contribution in [0.1, 0.15) is 28.2 Å². The van der Waals surface area contributed by atoms with Gasteiger partial charge in [0.2, 0.25) is 11.8 Å². The standard InChI is InChI=1S/C24H16BrN2O4/c25-24-17-10-3-1-8-15(17)19(16-9-2-4-11-18(16)24)20-21(24)23(29)26(22(20)28)13-6-5-7-14(12-13)27(30)31/h1-12,19-21,30H/q-1/t19?,20-,21+,24?/m0/s1. The number of amides is 2. The van der Waals surface area contributed by atoms with Crippen LogP contribution in [0.3, 0.4) is 0 Å². The number of anilines is 2. The van der Waals surface area contributed by atoms with E-state index in [2.05, 4.69) is 15.9 Å². The van der Waals surface area contributed by atoms with Gasteiger partial charge >= 0.3 is 0 Å². The highest BCUT2D eigenvalue weighted by atomic mass is 79.9. The van der Waals surface area contributed by atoms with Crippen LogP contribution in [-0.2, 0) is 13.9 Å². The van der Waals surface area contributed by atoms with Crippen LogP contribution < -0.4 is 10.1 Å². The number of alkyl halides is 1. The largest absolute Gasteiger partial charge is 0.733 e. The summed E-state index contributed by atoms with van der Waals surface area (Å²) in [6, 6.07) is 21.8. The Hall–Kier alpha value is -3.00. The summed E-state index contributed by atoms with van der Waals surface area (Å²) < 4.78 is -0.819. The van der Waals surface area contributed by atoms with Crippen LogP contribution in [0.4, 0.5) is 11.4 Å². The maximum Gasteiger partial charge on any atom is 0.239 e. The molecule has 3 aromatic rings. The van der Waals surface area contributed by atoms with Crippen molar-refractivity contribution in [3.63, 3.8) is 0 Å². The van der Waals surface area contributed by atoms with Crippen LogP contribution in [0, 0.1) is 17.0 Å². The van der Waals surface area contributed by atoms with Gasteiger partial charge < -0.3 is 10.4 Å². The van der Waals surface area contributed by atoms with Crippen LogP contribution in [0.15, 0.2) is 72.8 Å². The molecule has 2 atom stereocenters. The minimum absolute atomic E-state index is 0.0453. The molecular weight excluding hydrogens is 460 g/mol. The summed E-state index contributed by atoms with van der Waals surface area (Å²) in [5, 5.41) is 20.4. The van der Waals surface area contributed by atoms with Gasteiger partial charge in [-0.05, 0) is 40.5 Å². The molecule has 3 aromatic carbocycles. The Morgan fingerprint density at radius 3 is 2.13 bits per heavy atom. The fraction of sp³-hybridized carbons (Fsp3) is 0.167. The molecule has 31 heavy (non-hydrogen) atoms. The van der Waals surface area contributed by atoms with E-state index in [1.165, 1.54) is 23.1 Å². The van der Waals surface area contributed by atoms with Crippen molar-refractivity contribution in [2.24, 2.45) is 11.8 Å². The van der Waals surface area contributed by atoms with Gasteiger partial charge in [0, 0.05) is 5.92 Å². The molecule has 1 N–H and O–H groups in total. The van der Waals surface area contributed by atoms with E-state index in [0.717, 1.165) is 22.3 Å². The predicted molar refractivity (Wildman–Crippen MR) is 118 cm³/mol. The minimum Gasteiger partial charge on any atom is -0.733 e. The lowest BCUT2D eigenvalue weighted by Gasteiger charge is -2.51. The predicted octanol–water partition coefficient (Wildman–Crippen LogP) is 4.28. The SMILES string of the molecule is O=C1[C@H]2C3c4ccccc4C(Br)(c4ccccc43)[C@H]2C(=O)N1c1cccc(N([O-])O)c1. The first-order chi connectivity index (χ1) is 14.9. The lowest BCUT2D eigenvalue weighted by molar-refractivity contribution is -0.122. The normalized spacial score (nSPS) is 27.7. The highest BCUT2D eigenvalue weighted by molar-refractivity contribution is 9.09. The minimum atomic E-state index is -0.819. The molecule has 0 radical (unpaired) electrons. The Bertz CT molecular complexity index is 1230. The van der Waals surface area contributed by atoms with Crippen molar-refractivity contribution in [3.8, 4) is 0 Å². The molecule has 7 rings (SSSR count). The number of imide groups is 1. The smallest absolute Gasteiger partial charge is 0.239 e. The van der Waals surface area contributed by atoms with E-state index in [9.17, 15) is 20.0 Å². The van der Waals surface area contributed by atoms with Gasteiger partial charge in [0.15, 0.2) is 0 Å². The molecule has 1 saturated heterocycles. The van der Waals surface area contributed by atoms with Gasteiger partial charge in [-0.25, -0.2) is 4.90 Å². The maximum atomic E-state index is 13.8. The van der Waals surface area contributed by atoms with Crippen molar-refractivity contribution in [2.75, 3.05) is 10.1 Å². The Morgan fingerprint density at radius 2 is 1.52 bits per heavy atom. The van der Waals surface area contributed by atoms with Gasteiger partial charge in [-0.1, -0.05) is 70.5 Å². The van der Waals surface area contributed by atoms with E-state index in [4.69, 9.17) is 0 Å². The summed E-state index contributed by atoms with van der Waals surface area (Å²) in [4.78, 5) is 28.7. The first-order valence-electron chi connectivity index (χ1n) is 9.96. The molecule has 0 spiro atoms. The van der Waals surface area contributed by atoms with E-state index >= 15 is 0 Å². The lowest BCUT2D eigenvalue weighted by Crippen LogP contribution is -2.50. The highest BCUT2D eigenvalue weighted by Crippen LogP contribution is 2.66. The first-order valence-corrected chi connectivity index (χ1v) is 10.8. The molecule has 0 aromatic heterocycles. The number of benzene rings is 3. The number of carbonyl (C=O) groups is 2. The second-order valence-electron chi connectivity index (χ2n) is 8.17. The summed E-state index contributed by atoms with van der Waals surface area (Å²) in [6.45, 7) is 0. The zero-order chi connectivity index (χ0) is 21.5. The maximum absolute atomic E-state index is 13.8. The van der Waals surface area contributed by atoms with Gasteiger partial charge in [0.25, 0.3) is 0 Å². The van der Waals surface area contributed by atoms with Gasteiger partial charge in [-0.15, -0.1) is 0 Å². The van der Waals surface area contributed by atoms with Crippen LogP contribution in [0.2, 0.25) is 0 Å². The third-order valence-corrected chi connectivity index (χ3v) is 8.17. The number of rotatable bonds is 2. The number of nitrogens with zero attached hydrogens (tertiary/aromatic N) is 2. The van der Waals surface area contributed by atoms with Crippen LogP contribution in [-0.4, -0.2) is 17.0 Å². The second-order valence-corrected chi connectivity index (χ2v) is 9.42. The monoisotopic (exact) mass is 475 g/mol. The van der Waals surface area contributed by atoms with E-state index in [1.54, 1.807) is 6.07 Å². The fourth-order valence-corrected chi connectivity index (χ4v) is 6.89. The molecule has 7 heteroatoms. The highest BCUT2D eigenvalue weighted by Gasteiger charge is 2.67. The van der Waals surface area contributed by atoms with Gasteiger partial charge in [0.05, 0.1) is 27.5 Å². The third kappa shape index (κ3) is 2.23. The van der Waals surface area contributed by atoms with E-state index < -0.39 is 16.2 Å². The lowest BCUT2D eigenvalue weighted by atomic mass is 9.55. The number of halogens is 1. The molecule has 2 amide bonds. The van der Waals surface area contributed by atoms with E-state index in [0.29, 0.717) is 0 Å². The summed E-state index contributed by atoms with van der Waals surface area (Å²) in [7, 11) is 0. The van der Waals surface area contributed by atoms with Crippen molar-refractivity contribution in [3.05, 3.63) is 100 Å². The molecule has 1 heterocycles. The molecule has 154 valence electrons. The Labute approximate surface area is 186 Å². The first kappa shape index (κ1) is 18.7. The molecule has 1 fully saturated rings. The molecule has 4 aliphatic rings. The summed E-state index contributed by atoms with van der Waals surface area (Å²) in [6.07, 6.45) is 0. The van der Waals surface area contributed by atoms with Gasteiger partial charge in [-0.3, -0.25) is 14.8 Å². The Kier molecular flexibility index (Phi) is 3.78. The van der Waals surface area contributed by atoms with Gasteiger partial charge in [-0.2, -0.15) is 0 Å². The van der Waals surface area contributed by atoms with Crippen molar-refractivity contribution >= 4 is 39.1 Å². The zero-order valence-corrected chi connectivity index (χ0v) is 17.7. The number of hydrogen-bond donors (Lipinski definition) is 1. The second kappa shape index (κ2) is 6.26. The summed E-state index contributed by atoms with van der Waals surface area (Å²) in [5.41, 5.74) is 4.36. The molecule has 0 unspecified atom stereocenters. The van der Waals surface area contributed by atoms with Crippen molar-refractivity contribution in [1.82, 2.24) is 0 Å². The number of hydrogen-bond acceptors (Lipinski definition) is 5. The van der Waals surface area contributed by atoms with Crippen LogP contribution >= 0.6 is 15.9 Å². The molecule has 2 bridgehead atoms. The summed E-state index contributed by atoms with van der Waals surface area (Å²) in [5.74, 6) is -2.00. The Balaban J connectivity index is 1.58. The van der Waals surface area contributed by atoms with Crippen LogP contribution in [0.5, 0.6) is 0 Å². The topological polar surface area (TPSA) is 83.9 Å². The molecule has 1 aliphatic heterocycles. The quantitative estimate of drug-likeness (QED) is 0.339. The number of carbonyl (C=O) groups excluding carboxylic acids is 2. The van der Waals surface area contributed by atoms with Crippen LogP contribution in [0.25, 0.3) is 0 Å². The van der Waals surface area contributed by atoms with Crippen molar-refractivity contribution in [2.45, 2.75) is 10.2 Å². The molecule has 0 saturated carbocycles. The molecule has 6 nitrogen and oxygen atoms in total. The average molecular weight is 476 g/mol. The van der Waals surface area contributed by atoms with E-state index in [1.807, 2.05) is 48.5 Å². The van der Waals surface area contributed by atoms with Crippen molar-refractivity contribution < 1.29 is 14.8 Å². The Morgan fingerprint density at radius 1 is 0.903 bits per heavy atom. The van der Waals surface area contributed by atoms with Gasteiger partial charge in [0.1, 0.15) is 0 Å². The zero-order valence-electron chi connectivity index (χ0n) is 16.1. The average Bonchev–Trinajstić information content (AvgIpc) is 3.06. The van der Waals surface area contributed by atoms with Crippen molar-refractivity contribution in [1.29, 1.82) is 0 Å².